The van der Waals surface area contributed by atoms with Gasteiger partial charge in [0.15, 0.2) is 0 Å². The summed E-state index contributed by atoms with van der Waals surface area (Å²) in [7, 11) is 0. The Morgan fingerprint density at radius 2 is 2.20 bits per heavy atom. The highest BCUT2D eigenvalue weighted by Gasteiger charge is 2.20. The fraction of sp³-hybridized carbons (Fsp3) is 0.308. The smallest absolute Gasteiger partial charge is 0.246 e. The first-order chi connectivity index (χ1) is 9.72. The van der Waals surface area contributed by atoms with Crippen molar-refractivity contribution in [3.05, 3.63) is 42.0 Å². The minimum Gasteiger partial charge on any atom is -0.369 e. The Hall–Kier alpha value is -2.28. The lowest BCUT2D eigenvalue weighted by atomic mass is 10.0. The van der Waals surface area contributed by atoms with E-state index in [4.69, 9.17) is 4.74 Å². The molecule has 1 aliphatic rings. The number of rotatable bonds is 3. The molecule has 104 valence electrons. The number of carbonyl (C=O) groups excluding carboxylic acids is 1. The van der Waals surface area contributed by atoms with Crippen LogP contribution in [-0.4, -0.2) is 40.2 Å². The van der Waals surface area contributed by atoms with Crippen LogP contribution in [0.5, 0.6) is 0 Å². The molecule has 1 N–H and O–H groups in total. The average molecular weight is 276 g/mol. The maximum atomic E-state index is 13.9. The summed E-state index contributed by atoms with van der Waals surface area (Å²) < 4.78 is 19.0. The molecule has 7 heteroatoms. The Bertz CT molecular complexity index is 615. The fourth-order valence-corrected chi connectivity index (χ4v) is 2.17. The van der Waals surface area contributed by atoms with Gasteiger partial charge in [-0.25, -0.2) is 4.39 Å². The van der Waals surface area contributed by atoms with E-state index in [9.17, 15) is 9.18 Å². The van der Waals surface area contributed by atoms with Gasteiger partial charge in [-0.3, -0.25) is 4.79 Å². The van der Waals surface area contributed by atoms with E-state index in [-0.39, 0.29) is 24.4 Å². The number of ether oxygens (including phenoxy) is 1. The molecular formula is C13H13FN4O2. The third-order valence-corrected chi connectivity index (χ3v) is 3.06. The molecule has 0 spiro atoms. The summed E-state index contributed by atoms with van der Waals surface area (Å²) in [5, 5.41) is 10.8. The standard InChI is InChI=1S/C13H13FN4O2/c14-12-2-1-11(18-15-3-4-16-18)6-9(12)5-10-7-20-8-13(19)17-10/h1-4,6,10H,5,7-8H2,(H,17,19)/t10-/m1/s1. The van der Waals surface area contributed by atoms with Gasteiger partial charge in [0.2, 0.25) is 5.91 Å². The first-order valence-electron chi connectivity index (χ1n) is 6.24. The lowest BCUT2D eigenvalue weighted by molar-refractivity contribution is -0.131. The van der Waals surface area contributed by atoms with Crippen molar-refractivity contribution in [3.8, 4) is 5.69 Å². The Morgan fingerprint density at radius 3 is 2.95 bits per heavy atom. The molecule has 3 rings (SSSR count). The quantitative estimate of drug-likeness (QED) is 0.884. The van der Waals surface area contributed by atoms with Crippen molar-refractivity contribution in [2.75, 3.05) is 13.2 Å². The second kappa shape index (κ2) is 5.38. The number of nitrogens with zero attached hydrogens (tertiary/aromatic N) is 3. The van der Waals surface area contributed by atoms with Crippen molar-refractivity contribution in [3.63, 3.8) is 0 Å². The SMILES string of the molecule is O=C1COC[C@@H](Cc2cc(-n3nccn3)ccc2F)N1. The van der Waals surface area contributed by atoms with Gasteiger partial charge in [-0.05, 0) is 30.2 Å². The van der Waals surface area contributed by atoms with Gasteiger partial charge >= 0.3 is 0 Å². The van der Waals surface area contributed by atoms with Gasteiger partial charge in [-0.2, -0.15) is 15.0 Å². The molecule has 1 saturated heterocycles. The number of amides is 1. The molecule has 0 aliphatic carbocycles. The molecule has 0 saturated carbocycles. The summed E-state index contributed by atoms with van der Waals surface area (Å²) in [5.41, 5.74) is 1.17. The number of nitrogens with one attached hydrogen (secondary N) is 1. The monoisotopic (exact) mass is 276 g/mol. The summed E-state index contributed by atoms with van der Waals surface area (Å²) in [6, 6.07) is 4.44. The first-order valence-corrected chi connectivity index (χ1v) is 6.24. The maximum absolute atomic E-state index is 13.9. The topological polar surface area (TPSA) is 69.0 Å². The minimum atomic E-state index is -0.319. The van der Waals surface area contributed by atoms with Gasteiger partial charge in [0.25, 0.3) is 0 Å². The number of hydrogen-bond donors (Lipinski definition) is 1. The van der Waals surface area contributed by atoms with Crippen LogP contribution in [0.25, 0.3) is 5.69 Å². The second-order valence-electron chi connectivity index (χ2n) is 4.58. The van der Waals surface area contributed by atoms with Gasteiger partial charge in [0, 0.05) is 0 Å². The van der Waals surface area contributed by atoms with Crippen molar-refractivity contribution < 1.29 is 13.9 Å². The summed E-state index contributed by atoms with van der Waals surface area (Å²) in [6.45, 7) is 0.450. The van der Waals surface area contributed by atoms with Crippen molar-refractivity contribution in [1.29, 1.82) is 0 Å². The van der Waals surface area contributed by atoms with Crippen LogP contribution < -0.4 is 5.32 Å². The molecule has 1 aromatic heterocycles. The van der Waals surface area contributed by atoms with Crippen LogP contribution in [0.2, 0.25) is 0 Å². The van der Waals surface area contributed by atoms with E-state index in [1.807, 2.05) is 0 Å². The predicted molar refractivity (Wildman–Crippen MR) is 67.8 cm³/mol. The van der Waals surface area contributed by atoms with Crippen molar-refractivity contribution in [2.24, 2.45) is 0 Å². The van der Waals surface area contributed by atoms with E-state index < -0.39 is 0 Å². The van der Waals surface area contributed by atoms with Crippen molar-refractivity contribution in [1.82, 2.24) is 20.3 Å². The largest absolute Gasteiger partial charge is 0.369 e. The zero-order chi connectivity index (χ0) is 13.9. The molecule has 0 unspecified atom stereocenters. The van der Waals surface area contributed by atoms with Gasteiger partial charge in [0.05, 0.1) is 30.7 Å². The van der Waals surface area contributed by atoms with E-state index in [1.165, 1.54) is 10.9 Å². The average Bonchev–Trinajstić information content (AvgIpc) is 2.95. The van der Waals surface area contributed by atoms with Crippen LogP contribution in [0.15, 0.2) is 30.6 Å². The molecule has 6 nitrogen and oxygen atoms in total. The normalized spacial score (nSPS) is 18.9. The Labute approximate surface area is 114 Å². The molecule has 0 bridgehead atoms. The highest BCUT2D eigenvalue weighted by atomic mass is 19.1. The van der Waals surface area contributed by atoms with Gasteiger partial charge in [-0.1, -0.05) is 0 Å². The molecule has 1 amide bonds. The maximum Gasteiger partial charge on any atom is 0.246 e. The number of aromatic nitrogens is 3. The molecule has 2 aromatic rings. The summed E-state index contributed by atoms with van der Waals surface area (Å²) in [4.78, 5) is 12.7. The van der Waals surface area contributed by atoms with Gasteiger partial charge < -0.3 is 10.1 Å². The Kier molecular flexibility index (Phi) is 3.42. The lowest BCUT2D eigenvalue weighted by Crippen LogP contribution is -2.46. The molecule has 0 radical (unpaired) electrons. The van der Waals surface area contributed by atoms with Crippen LogP contribution >= 0.6 is 0 Å². The van der Waals surface area contributed by atoms with Crippen LogP contribution in [0.4, 0.5) is 4.39 Å². The molecule has 20 heavy (non-hydrogen) atoms. The number of morpholine rings is 1. The number of hydrogen-bond acceptors (Lipinski definition) is 4. The van der Waals surface area contributed by atoms with Crippen LogP contribution in [0.1, 0.15) is 5.56 Å². The van der Waals surface area contributed by atoms with Crippen LogP contribution in [-0.2, 0) is 16.0 Å². The molecular weight excluding hydrogens is 263 g/mol. The zero-order valence-electron chi connectivity index (χ0n) is 10.6. The molecule has 1 fully saturated rings. The van der Waals surface area contributed by atoms with Gasteiger partial charge in [0.1, 0.15) is 12.4 Å². The predicted octanol–water partition coefficient (Wildman–Crippen LogP) is 0.464. The van der Waals surface area contributed by atoms with Gasteiger partial charge in [-0.15, -0.1) is 0 Å². The molecule has 2 heterocycles. The fourth-order valence-electron chi connectivity index (χ4n) is 2.17. The van der Waals surface area contributed by atoms with Crippen LogP contribution in [0.3, 0.4) is 0 Å². The van der Waals surface area contributed by atoms with E-state index in [0.29, 0.717) is 24.3 Å². The lowest BCUT2D eigenvalue weighted by Gasteiger charge is -2.23. The van der Waals surface area contributed by atoms with E-state index in [1.54, 1.807) is 24.5 Å². The summed E-state index contributed by atoms with van der Waals surface area (Å²) >= 11 is 0. The van der Waals surface area contributed by atoms with Crippen molar-refractivity contribution >= 4 is 5.91 Å². The number of carbonyl (C=O) groups is 1. The second-order valence-corrected chi connectivity index (χ2v) is 4.58. The number of benzene rings is 1. The third-order valence-electron chi connectivity index (χ3n) is 3.06. The minimum absolute atomic E-state index is 0.0657. The number of halogens is 1. The molecule has 1 aliphatic heterocycles. The highest BCUT2D eigenvalue weighted by Crippen LogP contribution is 2.15. The molecule has 1 atom stereocenters. The summed E-state index contributed by atoms with van der Waals surface area (Å²) in [5.74, 6) is -0.493. The molecule has 1 aromatic carbocycles. The highest BCUT2D eigenvalue weighted by molar-refractivity contribution is 5.78. The van der Waals surface area contributed by atoms with E-state index in [0.717, 1.165) is 0 Å². The van der Waals surface area contributed by atoms with Crippen LogP contribution in [0, 0.1) is 5.82 Å². The Morgan fingerprint density at radius 1 is 1.40 bits per heavy atom. The zero-order valence-corrected chi connectivity index (χ0v) is 10.6. The van der Waals surface area contributed by atoms with E-state index >= 15 is 0 Å². The third kappa shape index (κ3) is 2.67. The Balaban J connectivity index is 1.81. The first kappa shape index (κ1) is 12.7. The van der Waals surface area contributed by atoms with Crippen molar-refractivity contribution in [2.45, 2.75) is 12.5 Å². The summed E-state index contributed by atoms with van der Waals surface area (Å²) in [6.07, 6.45) is 3.48. The van der Waals surface area contributed by atoms with E-state index in [2.05, 4.69) is 15.5 Å².